The van der Waals surface area contributed by atoms with Crippen molar-refractivity contribution in [3.63, 3.8) is 0 Å². The van der Waals surface area contributed by atoms with Gasteiger partial charge in [-0.3, -0.25) is 0 Å². The van der Waals surface area contributed by atoms with E-state index in [1.165, 1.54) is 44.6 Å². The molecule has 2 aromatic carbocycles. The van der Waals surface area contributed by atoms with E-state index in [9.17, 15) is 9.59 Å². The Morgan fingerprint density at radius 2 is 1.65 bits per heavy atom. The summed E-state index contributed by atoms with van der Waals surface area (Å²) < 4.78 is 15.0. The molecule has 0 fully saturated rings. The first kappa shape index (κ1) is 17.1. The monoisotopic (exact) mass is 354 g/mol. The second-order valence-corrected chi connectivity index (χ2v) is 5.19. The van der Waals surface area contributed by atoms with Gasteiger partial charge in [-0.05, 0) is 30.3 Å². The molecule has 23 heavy (non-hydrogen) atoms. The van der Waals surface area contributed by atoms with Crippen LogP contribution in [0.25, 0.3) is 0 Å². The Morgan fingerprint density at radius 3 is 2.26 bits per heavy atom. The summed E-state index contributed by atoms with van der Waals surface area (Å²) in [5.74, 6) is -0.881. The molecular weight excluding hydrogens is 343 g/mol. The number of benzene rings is 2. The summed E-state index contributed by atoms with van der Waals surface area (Å²) in [5, 5.41) is 0.541. The Morgan fingerprint density at radius 1 is 0.913 bits per heavy atom. The molecule has 7 heteroatoms. The van der Waals surface area contributed by atoms with Gasteiger partial charge in [-0.1, -0.05) is 23.2 Å². The van der Waals surface area contributed by atoms with Crippen molar-refractivity contribution in [2.24, 2.45) is 0 Å². The summed E-state index contributed by atoms with van der Waals surface area (Å²) in [5.41, 5.74) is 0.291. The largest absolute Gasteiger partial charge is 0.497 e. The van der Waals surface area contributed by atoms with Gasteiger partial charge in [-0.15, -0.1) is 0 Å². The number of carbonyl (C=O) groups is 2. The van der Waals surface area contributed by atoms with Gasteiger partial charge in [0.05, 0.1) is 29.8 Å². The van der Waals surface area contributed by atoms with Gasteiger partial charge in [0.25, 0.3) is 0 Å². The fourth-order valence-corrected chi connectivity index (χ4v) is 2.07. The lowest BCUT2D eigenvalue weighted by Gasteiger charge is -2.11. The summed E-state index contributed by atoms with van der Waals surface area (Å²) in [6, 6.07) is 8.75. The molecule has 0 aromatic heterocycles. The maximum Gasteiger partial charge on any atom is 0.343 e. The van der Waals surface area contributed by atoms with Crippen LogP contribution < -0.4 is 9.47 Å². The third-order valence-electron chi connectivity index (χ3n) is 2.95. The maximum absolute atomic E-state index is 12.2. The highest BCUT2D eigenvalue weighted by Crippen LogP contribution is 2.28. The predicted octanol–water partition coefficient (Wildman–Crippen LogP) is 4.01. The summed E-state index contributed by atoms with van der Waals surface area (Å²) >= 11 is 11.7. The molecule has 0 saturated heterocycles. The molecular formula is C16H12Cl2O5. The Hall–Kier alpha value is -2.24. The number of halogens is 2. The van der Waals surface area contributed by atoms with Crippen molar-refractivity contribution in [2.45, 2.75) is 0 Å². The molecule has 2 rings (SSSR count). The fraction of sp³-hybridized carbons (Fsp3) is 0.125. The third kappa shape index (κ3) is 3.94. The Labute approximate surface area is 142 Å². The van der Waals surface area contributed by atoms with E-state index in [-0.39, 0.29) is 21.9 Å². The van der Waals surface area contributed by atoms with Crippen LogP contribution in [0.3, 0.4) is 0 Å². The standard InChI is InChI=1S/C16H12Cl2O5/c1-21-10-4-5-11(16(20)22-2)14(8-10)23-15(19)9-3-6-12(17)13(18)7-9/h3-8H,1-2H3. The van der Waals surface area contributed by atoms with Crippen LogP contribution in [0.4, 0.5) is 0 Å². The lowest BCUT2D eigenvalue weighted by atomic mass is 10.2. The third-order valence-corrected chi connectivity index (χ3v) is 3.69. The highest BCUT2D eigenvalue weighted by Gasteiger charge is 2.18. The zero-order valence-corrected chi connectivity index (χ0v) is 13.8. The molecule has 0 saturated carbocycles. The number of carbonyl (C=O) groups excluding carboxylic acids is 2. The van der Waals surface area contributed by atoms with E-state index in [4.69, 9.17) is 32.7 Å². The average molecular weight is 355 g/mol. The van der Waals surface area contributed by atoms with Crippen LogP contribution in [0, 0.1) is 0 Å². The van der Waals surface area contributed by atoms with Crippen LogP contribution in [0.5, 0.6) is 11.5 Å². The molecule has 0 N–H and O–H groups in total. The molecule has 0 heterocycles. The fourth-order valence-electron chi connectivity index (χ4n) is 1.77. The first-order valence-electron chi connectivity index (χ1n) is 6.40. The molecule has 5 nitrogen and oxygen atoms in total. The number of methoxy groups -OCH3 is 2. The quantitative estimate of drug-likeness (QED) is 0.613. The van der Waals surface area contributed by atoms with E-state index < -0.39 is 11.9 Å². The van der Waals surface area contributed by atoms with Gasteiger partial charge in [-0.25, -0.2) is 9.59 Å². The molecule has 2 aromatic rings. The van der Waals surface area contributed by atoms with Gasteiger partial charge in [0.2, 0.25) is 0 Å². The molecule has 120 valence electrons. The molecule has 0 aliphatic rings. The van der Waals surface area contributed by atoms with E-state index in [1.807, 2.05) is 0 Å². The Kier molecular flexibility index (Phi) is 5.47. The molecule has 0 aliphatic heterocycles. The van der Waals surface area contributed by atoms with Crippen LogP contribution in [0.15, 0.2) is 36.4 Å². The van der Waals surface area contributed by atoms with Crippen molar-refractivity contribution < 1.29 is 23.8 Å². The number of esters is 2. The molecule has 0 spiro atoms. The van der Waals surface area contributed by atoms with Gasteiger partial charge < -0.3 is 14.2 Å². The predicted molar refractivity (Wildman–Crippen MR) is 85.8 cm³/mol. The average Bonchev–Trinajstić information content (AvgIpc) is 2.56. The van der Waals surface area contributed by atoms with Crippen molar-refractivity contribution in [3.8, 4) is 11.5 Å². The topological polar surface area (TPSA) is 61.8 Å². The van der Waals surface area contributed by atoms with E-state index in [0.29, 0.717) is 10.8 Å². The van der Waals surface area contributed by atoms with Gasteiger partial charge in [0.1, 0.15) is 17.1 Å². The molecule has 0 atom stereocenters. The lowest BCUT2D eigenvalue weighted by Crippen LogP contribution is -2.12. The minimum Gasteiger partial charge on any atom is -0.497 e. The van der Waals surface area contributed by atoms with Crippen LogP contribution in [0.2, 0.25) is 10.0 Å². The summed E-state index contributed by atoms with van der Waals surface area (Å²) in [4.78, 5) is 24.0. The van der Waals surface area contributed by atoms with Gasteiger partial charge >= 0.3 is 11.9 Å². The molecule has 0 amide bonds. The summed E-state index contributed by atoms with van der Waals surface area (Å²) in [6.07, 6.45) is 0. The van der Waals surface area contributed by atoms with E-state index >= 15 is 0 Å². The number of hydrogen-bond acceptors (Lipinski definition) is 5. The van der Waals surface area contributed by atoms with Crippen molar-refractivity contribution >= 4 is 35.1 Å². The zero-order valence-electron chi connectivity index (χ0n) is 12.3. The maximum atomic E-state index is 12.2. The second kappa shape index (κ2) is 7.35. The van der Waals surface area contributed by atoms with Crippen LogP contribution in [-0.4, -0.2) is 26.2 Å². The number of hydrogen-bond donors (Lipinski definition) is 0. The van der Waals surface area contributed by atoms with Crippen LogP contribution in [-0.2, 0) is 4.74 Å². The number of rotatable bonds is 4. The van der Waals surface area contributed by atoms with Crippen molar-refractivity contribution in [3.05, 3.63) is 57.6 Å². The first-order valence-corrected chi connectivity index (χ1v) is 7.15. The molecule has 0 unspecified atom stereocenters. The number of ether oxygens (including phenoxy) is 3. The smallest absolute Gasteiger partial charge is 0.343 e. The highest BCUT2D eigenvalue weighted by atomic mass is 35.5. The van der Waals surface area contributed by atoms with E-state index in [2.05, 4.69) is 4.74 Å². The van der Waals surface area contributed by atoms with Gasteiger partial charge in [0.15, 0.2) is 0 Å². The normalized spacial score (nSPS) is 10.1. The zero-order chi connectivity index (χ0) is 17.0. The molecule has 0 bridgehead atoms. The van der Waals surface area contributed by atoms with Crippen molar-refractivity contribution in [2.75, 3.05) is 14.2 Å². The SMILES string of the molecule is COC(=O)c1ccc(OC)cc1OC(=O)c1ccc(Cl)c(Cl)c1. The van der Waals surface area contributed by atoms with Gasteiger partial charge in [0, 0.05) is 6.07 Å². The first-order chi connectivity index (χ1) is 11.0. The summed E-state index contributed by atoms with van der Waals surface area (Å²) in [7, 11) is 2.69. The van der Waals surface area contributed by atoms with E-state index in [1.54, 1.807) is 6.07 Å². The van der Waals surface area contributed by atoms with Crippen LogP contribution >= 0.6 is 23.2 Å². The Balaban J connectivity index is 2.35. The minimum absolute atomic E-state index is 0.0206. The van der Waals surface area contributed by atoms with Crippen molar-refractivity contribution in [1.82, 2.24) is 0 Å². The van der Waals surface area contributed by atoms with E-state index in [0.717, 1.165) is 0 Å². The Bertz CT molecular complexity index is 758. The van der Waals surface area contributed by atoms with Crippen LogP contribution in [0.1, 0.15) is 20.7 Å². The minimum atomic E-state index is -0.693. The molecule has 0 radical (unpaired) electrons. The lowest BCUT2D eigenvalue weighted by molar-refractivity contribution is 0.0593. The van der Waals surface area contributed by atoms with Gasteiger partial charge in [-0.2, -0.15) is 0 Å². The highest BCUT2D eigenvalue weighted by molar-refractivity contribution is 6.42. The van der Waals surface area contributed by atoms with Crippen molar-refractivity contribution in [1.29, 1.82) is 0 Å². The summed E-state index contributed by atoms with van der Waals surface area (Å²) in [6.45, 7) is 0. The molecule has 0 aliphatic carbocycles. The second-order valence-electron chi connectivity index (χ2n) is 4.37.